The van der Waals surface area contributed by atoms with Gasteiger partial charge in [-0.25, -0.2) is 8.42 Å². The maximum absolute atomic E-state index is 10.9. The molecule has 0 unspecified atom stereocenters. The zero-order valence-corrected chi connectivity index (χ0v) is 12.6. The molecule has 0 saturated carbocycles. The van der Waals surface area contributed by atoms with Crippen molar-refractivity contribution in [2.45, 2.75) is 11.8 Å². The minimum absolute atomic E-state index is 0. The average Bonchev–Trinajstić information content (AvgIpc) is 2.03. The third kappa shape index (κ3) is 4.14. The van der Waals surface area contributed by atoms with Gasteiger partial charge in [-0.05, 0) is 19.1 Å². The Kier molecular flexibility index (Phi) is 6.13. The van der Waals surface area contributed by atoms with E-state index in [0.717, 1.165) is 0 Å². The van der Waals surface area contributed by atoms with Crippen LogP contribution in [0.4, 0.5) is 0 Å². The van der Waals surface area contributed by atoms with E-state index in [9.17, 15) is 13.2 Å². The molecule has 3 nitrogen and oxygen atoms in total. The normalized spacial score (nSPS) is 10.4. The number of benzene rings is 1. The van der Waals surface area contributed by atoms with Crippen LogP contribution in [0.15, 0.2) is 29.2 Å². The van der Waals surface area contributed by atoms with E-state index in [1.165, 1.54) is 25.1 Å². The number of carbonyl (C=O) groups is 1. The first-order valence-corrected chi connectivity index (χ1v) is 5.89. The summed E-state index contributed by atoms with van der Waals surface area (Å²) in [6.07, 6.45) is 0. The molecule has 0 fully saturated rings. The molecule has 0 saturated heterocycles. The molecule has 0 aliphatic rings. The summed E-state index contributed by atoms with van der Waals surface area (Å²) in [6, 6.07) is 5.70. The SMILES string of the molecule is CC(=O)c1cccc(S(=O)(=O)[S-])c1.[K+]. The number of ketones is 1. The zero-order valence-electron chi connectivity index (χ0n) is 7.85. The number of carbonyl (C=O) groups excluding carboxylic acids is 1. The van der Waals surface area contributed by atoms with Crippen LogP contribution in [-0.4, -0.2) is 14.2 Å². The minimum atomic E-state index is -3.63. The van der Waals surface area contributed by atoms with E-state index in [2.05, 4.69) is 11.7 Å². The number of rotatable bonds is 2. The second-order valence-corrected chi connectivity index (χ2v) is 5.23. The second-order valence-electron chi connectivity index (χ2n) is 2.54. The fourth-order valence-electron chi connectivity index (χ4n) is 0.871. The Morgan fingerprint density at radius 1 is 1.36 bits per heavy atom. The van der Waals surface area contributed by atoms with E-state index in [1.54, 1.807) is 6.07 Å². The molecule has 1 rings (SSSR count). The monoisotopic (exact) mass is 254 g/mol. The molecule has 0 aromatic heterocycles. The van der Waals surface area contributed by atoms with Gasteiger partial charge in [-0.1, -0.05) is 12.1 Å². The van der Waals surface area contributed by atoms with Crippen molar-refractivity contribution in [3.8, 4) is 0 Å². The van der Waals surface area contributed by atoms with E-state index >= 15 is 0 Å². The van der Waals surface area contributed by atoms with Crippen molar-refractivity contribution < 1.29 is 64.6 Å². The third-order valence-electron chi connectivity index (χ3n) is 1.53. The number of hydrogen-bond acceptors (Lipinski definition) is 4. The maximum Gasteiger partial charge on any atom is 1.00 e. The summed E-state index contributed by atoms with van der Waals surface area (Å²) in [5.74, 6) is -0.180. The van der Waals surface area contributed by atoms with Crippen LogP contribution in [0.5, 0.6) is 0 Å². The summed E-state index contributed by atoms with van der Waals surface area (Å²) in [5.41, 5.74) is 0.353. The van der Waals surface area contributed by atoms with Gasteiger partial charge in [-0.15, -0.1) is 0 Å². The van der Waals surface area contributed by atoms with Gasteiger partial charge in [0.15, 0.2) is 5.78 Å². The largest absolute Gasteiger partial charge is 1.00 e. The Morgan fingerprint density at radius 2 is 1.93 bits per heavy atom. The van der Waals surface area contributed by atoms with Crippen molar-refractivity contribution >= 4 is 26.3 Å². The molecule has 0 aliphatic carbocycles. The van der Waals surface area contributed by atoms with Crippen molar-refractivity contribution in [2.24, 2.45) is 0 Å². The van der Waals surface area contributed by atoms with Gasteiger partial charge in [0, 0.05) is 10.5 Å². The molecule has 1 aromatic carbocycles. The van der Waals surface area contributed by atoms with Crippen molar-refractivity contribution in [1.82, 2.24) is 0 Å². The van der Waals surface area contributed by atoms with E-state index < -0.39 is 8.87 Å². The van der Waals surface area contributed by atoms with Crippen molar-refractivity contribution in [2.75, 3.05) is 0 Å². The van der Waals surface area contributed by atoms with Crippen molar-refractivity contribution in [1.29, 1.82) is 0 Å². The Hall–Kier alpha value is 0.826. The first-order valence-electron chi connectivity index (χ1n) is 3.48. The zero-order chi connectivity index (χ0) is 10.1. The number of hydrogen-bond donors (Lipinski definition) is 0. The van der Waals surface area contributed by atoms with E-state index in [1.807, 2.05) is 0 Å². The smallest absolute Gasteiger partial charge is 0.644 e. The topological polar surface area (TPSA) is 51.2 Å². The molecule has 0 amide bonds. The van der Waals surface area contributed by atoms with Gasteiger partial charge in [0.05, 0.1) is 8.87 Å². The molecular formula is C8H7KO3S2. The van der Waals surface area contributed by atoms with Gasteiger partial charge < -0.3 is 11.7 Å². The van der Waals surface area contributed by atoms with E-state index in [4.69, 9.17) is 0 Å². The predicted octanol–water partition coefficient (Wildman–Crippen LogP) is -1.87. The molecule has 70 valence electrons. The van der Waals surface area contributed by atoms with Crippen LogP contribution in [-0.2, 0) is 20.5 Å². The summed E-state index contributed by atoms with van der Waals surface area (Å²) < 4.78 is 21.8. The van der Waals surface area contributed by atoms with Gasteiger partial charge in [0.2, 0.25) is 0 Å². The Morgan fingerprint density at radius 3 is 2.36 bits per heavy atom. The van der Waals surface area contributed by atoms with Crippen molar-refractivity contribution in [3.63, 3.8) is 0 Å². The second kappa shape index (κ2) is 5.79. The Labute approximate surface area is 130 Å². The summed E-state index contributed by atoms with van der Waals surface area (Å²) in [7, 11) is -3.63. The summed E-state index contributed by atoms with van der Waals surface area (Å²) in [4.78, 5) is 10.9. The summed E-state index contributed by atoms with van der Waals surface area (Å²) >= 11 is 4.26. The van der Waals surface area contributed by atoms with Crippen LogP contribution >= 0.6 is 0 Å². The molecule has 0 aliphatic heterocycles. The van der Waals surface area contributed by atoms with Gasteiger partial charge >= 0.3 is 51.4 Å². The quantitative estimate of drug-likeness (QED) is 0.268. The van der Waals surface area contributed by atoms with Crippen LogP contribution in [0.25, 0.3) is 0 Å². The van der Waals surface area contributed by atoms with Crippen LogP contribution in [0.1, 0.15) is 17.3 Å². The minimum Gasteiger partial charge on any atom is -0.644 e. The maximum atomic E-state index is 10.9. The van der Waals surface area contributed by atoms with Crippen LogP contribution in [0.3, 0.4) is 0 Å². The molecule has 0 atom stereocenters. The first-order chi connectivity index (χ1) is 5.91. The molecule has 0 heterocycles. The predicted molar refractivity (Wildman–Crippen MR) is 51.0 cm³/mol. The summed E-state index contributed by atoms with van der Waals surface area (Å²) in [6.45, 7) is 1.37. The summed E-state index contributed by atoms with van der Waals surface area (Å²) in [5, 5.41) is 0. The van der Waals surface area contributed by atoms with Crippen molar-refractivity contribution in [3.05, 3.63) is 29.8 Å². The van der Waals surface area contributed by atoms with Crippen LogP contribution in [0, 0.1) is 0 Å². The molecular weight excluding hydrogens is 247 g/mol. The van der Waals surface area contributed by atoms with Gasteiger partial charge in [0.25, 0.3) is 0 Å². The van der Waals surface area contributed by atoms with Gasteiger partial charge in [-0.2, -0.15) is 0 Å². The number of Topliss-reactive ketones (excluding diaryl/α,β-unsaturated/α-hetero) is 1. The van der Waals surface area contributed by atoms with Gasteiger partial charge in [-0.3, -0.25) is 4.79 Å². The van der Waals surface area contributed by atoms with Gasteiger partial charge in [0.1, 0.15) is 0 Å². The van der Waals surface area contributed by atoms with E-state index in [0.29, 0.717) is 5.56 Å². The Bertz CT molecular complexity index is 440. The fourth-order valence-corrected chi connectivity index (χ4v) is 1.70. The first kappa shape index (κ1) is 14.8. The molecule has 0 bridgehead atoms. The fraction of sp³-hybridized carbons (Fsp3) is 0.125. The standard InChI is InChI=1S/C8H8O3S2.K/c1-6(9)7-3-2-4-8(5-7)13(10,11)12;/h2-5H,1H3,(H,10,11,12);/q;+1/p-1. The molecule has 0 spiro atoms. The molecule has 0 radical (unpaired) electrons. The van der Waals surface area contributed by atoms with E-state index in [-0.39, 0.29) is 62.1 Å². The van der Waals surface area contributed by atoms with Crippen LogP contribution < -0.4 is 51.4 Å². The average molecular weight is 254 g/mol. The molecule has 0 N–H and O–H groups in total. The molecule has 6 heteroatoms. The molecule has 1 aromatic rings. The molecule has 14 heavy (non-hydrogen) atoms. The van der Waals surface area contributed by atoms with Crippen LogP contribution in [0.2, 0.25) is 0 Å². The Balaban J connectivity index is 0.00000169. The third-order valence-corrected chi connectivity index (χ3v) is 2.94.